The van der Waals surface area contributed by atoms with Gasteiger partial charge in [-0.3, -0.25) is 4.79 Å². The number of aromatic nitrogens is 2. The highest BCUT2D eigenvalue weighted by atomic mass is 32.1. The molecule has 11 heavy (non-hydrogen) atoms. The first-order valence-electron chi connectivity index (χ1n) is 3.32. The first-order valence-corrected chi connectivity index (χ1v) is 3.95. The van der Waals surface area contributed by atoms with Gasteiger partial charge in [0.2, 0.25) is 0 Å². The van der Waals surface area contributed by atoms with Crippen molar-refractivity contribution in [2.75, 3.05) is 5.75 Å². The third kappa shape index (κ3) is 1.63. The molecule has 0 aliphatic heterocycles. The van der Waals surface area contributed by atoms with E-state index in [2.05, 4.69) is 17.7 Å². The summed E-state index contributed by atoms with van der Waals surface area (Å²) in [5.41, 5.74) is 1.72. The van der Waals surface area contributed by atoms with Gasteiger partial charge in [-0.25, -0.2) is 4.68 Å². The van der Waals surface area contributed by atoms with Crippen LogP contribution in [0.2, 0.25) is 0 Å². The van der Waals surface area contributed by atoms with Gasteiger partial charge in [-0.15, -0.1) is 0 Å². The Hall–Kier alpha value is -0.770. The molecule has 0 bridgehead atoms. The van der Waals surface area contributed by atoms with Crippen molar-refractivity contribution >= 4 is 18.5 Å². The largest absolute Gasteiger partial charge is 0.272 e. The van der Waals surface area contributed by atoms with E-state index in [1.807, 2.05) is 19.9 Å². The van der Waals surface area contributed by atoms with E-state index in [-0.39, 0.29) is 11.7 Å². The number of hydrogen-bond donors (Lipinski definition) is 1. The van der Waals surface area contributed by atoms with Crippen LogP contribution in [0.4, 0.5) is 0 Å². The lowest BCUT2D eigenvalue weighted by molar-refractivity contribution is 0.0924. The SMILES string of the molecule is Cc1cc(C)n(C(=O)CS)n1. The van der Waals surface area contributed by atoms with Gasteiger partial charge < -0.3 is 0 Å². The van der Waals surface area contributed by atoms with Crippen molar-refractivity contribution in [3.63, 3.8) is 0 Å². The molecule has 1 rings (SSSR count). The maximum Gasteiger partial charge on any atom is 0.256 e. The molecule has 0 unspecified atom stereocenters. The van der Waals surface area contributed by atoms with Gasteiger partial charge >= 0.3 is 0 Å². The zero-order chi connectivity index (χ0) is 8.43. The molecule has 0 N–H and O–H groups in total. The topological polar surface area (TPSA) is 34.9 Å². The summed E-state index contributed by atoms with van der Waals surface area (Å²) >= 11 is 3.87. The van der Waals surface area contributed by atoms with E-state index in [4.69, 9.17) is 0 Å². The molecule has 1 aromatic rings. The van der Waals surface area contributed by atoms with Crippen molar-refractivity contribution in [3.8, 4) is 0 Å². The third-order valence-corrected chi connectivity index (χ3v) is 1.65. The van der Waals surface area contributed by atoms with Crippen LogP contribution >= 0.6 is 12.6 Å². The number of nitrogens with zero attached hydrogens (tertiary/aromatic N) is 2. The standard InChI is InChI=1S/C7H10N2OS/c1-5-3-6(2)9(8-5)7(10)4-11/h3,11H,4H2,1-2H3. The molecule has 0 saturated heterocycles. The van der Waals surface area contributed by atoms with Crippen molar-refractivity contribution in [1.29, 1.82) is 0 Å². The van der Waals surface area contributed by atoms with Gasteiger partial charge in [0.15, 0.2) is 0 Å². The molecule has 0 atom stereocenters. The monoisotopic (exact) mass is 170 g/mol. The lowest BCUT2D eigenvalue weighted by Gasteiger charge is -1.97. The van der Waals surface area contributed by atoms with E-state index in [9.17, 15) is 4.79 Å². The predicted molar refractivity (Wildman–Crippen MR) is 46.2 cm³/mol. The van der Waals surface area contributed by atoms with Crippen LogP contribution in [0.25, 0.3) is 0 Å². The zero-order valence-electron chi connectivity index (χ0n) is 6.53. The molecule has 60 valence electrons. The normalized spacial score (nSPS) is 10.1. The summed E-state index contributed by atoms with van der Waals surface area (Å²) in [6.07, 6.45) is 0. The van der Waals surface area contributed by atoms with Gasteiger partial charge in [0.05, 0.1) is 11.4 Å². The molecular formula is C7H10N2OS. The summed E-state index contributed by atoms with van der Waals surface area (Å²) < 4.78 is 1.38. The first-order chi connectivity index (χ1) is 5.15. The predicted octanol–water partition coefficient (Wildman–Crippen LogP) is 1.07. The van der Waals surface area contributed by atoms with Gasteiger partial charge in [0.25, 0.3) is 5.91 Å². The zero-order valence-corrected chi connectivity index (χ0v) is 7.43. The maximum atomic E-state index is 11.1. The van der Waals surface area contributed by atoms with Crippen molar-refractivity contribution in [1.82, 2.24) is 9.78 Å². The highest BCUT2D eigenvalue weighted by Gasteiger charge is 2.06. The van der Waals surface area contributed by atoms with Crippen LogP contribution in [0.15, 0.2) is 6.07 Å². The minimum Gasteiger partial charge on any atom is -0.272 e. The number of aryl methyl sites for hydroxylation is 2. The van der Waals surface area contributed by atoms with Crippen LogP contribution in [0.1, 0.15) is 16.2 Å². The first kappa shape index (κ1) is 8.33. The van der Waals surface area contributed by atoms with Crippen molar-refractivity contribution in [2.45, 2.75) is 13.8 Å². The van der Waals surface area contributed by atoms with Gasteiger partial charge in [-0.05, 0) is 19.9 Å². The Bertz CT molecular complexity index is 280. The van der Waals surface area contributed by atoms with Crippen LogP contribution in [0.5, 0.6) is 0 Å². The lowest BCUT2D eigenvalue weighted by Crippen LogP contribution is -2.15. The summed E-state index contributed by atoms with van der Waals surface area (Å²) in [5.74, 6) is 0.112. The average Bonchev–Trinajstić information content (AvgIpc) is 2.28. The second-order valence-corrected chi connectivity index (χ2v) is 2.71. The Morgan fingerprint density at radius 3 is 2.73 bits per heavy atom. The fourth-order valence-electron chi connectivity index (χ4n) is 0.948. The summed E-state index contributed by atoms with van der Waals surface area (Å²) in [4.78, 5) is 11.1. The van der Waals surface area contributed by atoms with Crippen LogP contribution in [0, 0.1) is 13.8 Å². The third-order valence-electron chi connectivity index (χ3n) is 1.38. The van der Waals surface area contributed by atoms with E-state index in [1.54, 1.807) is 0 Å². The molecule has 1 heterocycles. The van der Waals surface area contributed by atoms with Gasteiger partial charge in [-0.1, -0.05) is 0 Å². The van der Waals surface area contributed by atoms with Gasteiger partial charge in [0, 0.05) is 5.69 Å². The Morgan fingerprint density at radius 1 is 1.73 bits per heavy atom. The average molecular weight is 170 g/mol. The smallest absolute Gasteiger partial charge is 0.256 e. The molecule has 0 amide bonds. The minimum atomic E-state index is -0.0843. The summed E-state index contributed by atoms with van der Waals surface area (Å²) in [6.45, 7) is 3.70. The quantitative estimate of drug-likeness (QED) is 0.640. The fourth-order valence-corrected chi connectivity index (χ4v) is 1.08. The van der Waals surface area contributed by atoms with Crippen LogP contribution in [-0.4, -0.2) is 21.4 Å². The summed E-state index contributed by atoms with van der Waals surface area (Å²) in [7, 11) is 0. The van der Waals surface area contributed by atoms with E-state index in [1.165, 1.54) is 4.68 Å². The number of thiol groups is 1. The molecule has 0 saturated carbocycles. The van der Waals surface area contributed by atoms with E-state index in [0.717, 1.165) is 11.4 Å². The van der Waals surface area contributed by atoms with Crippen LogP contribution in [0.3, 0.4) is 0 Å². The highest BCUT2D eigenvalue weighted by molar-refractivity contribution is 7.81. The number of carbonyl (C=O) groups is 1. The summed E-state index contributed by atoms with van der Waals surface area (Å²) in [6, 6.07) is 1.86. The number of hydrogen-bond acceptors (Lipinski definition) is 3. The second kappa shape index (κ2) is 3.09. The van der Waals surface area contributed by atoms with Gasteiger partial charge in [0.1, 0.15) is 0 Å². The van der Waals surface area contributed by atoms with Crippen LogP contribution in [-0.2, 0) is 0 Å². The second-order valence-electron chi connectivity index (χ2n) is 2.39. The van der Waals surface area contributed by atoms with E-state index >= 15 is 0 Å². The molecule has 0 aliphatic rings. The van der Waals surface area contributed by atoms with Crippen molar-refractivity contribution in [2.24, 2.45) is 0 Å². The fraction of sp³-hybridized carbons (Fsp3) is 0.429. The molecule has 0 aliphatic carbocycles. The van der Waals surface area contributed by atoms with Crippen molar-refractivity contribution in [3.05, 3.63) is 17.5 Å². The van der Waals surface area contributed by atoms with E-state index in [0.29, 0.717) is 0 Å². The van der Waals surface area contributed by atoms with Crippen molar-refractivity contribution < 1.29 is 4.79 Å². The van der Waals surface area contributed by atoms with Gasteiger partial charge in [-0.2, -0.15) is 17.7 Å². The number of carbonyl (C=O) groups excluding carboxylic acids is 1. The molecular weight excluding hydrogens is 160 g/mol. The molecule has 0 aromatic carbocycles. The highest BCUT2D eigenvalue weighted by Crippen LogP contribution is 2.01. The minimum absolute atomic E-state index is 0.0843. The Balaban J connectivity index is 3.03. The Labute approximate surface area is 70.8 Å². The molecule has 0 spiro atoms. The Morgan fingerprint density at radius 2 is 2.36 bits per heavy atom. The van der Waals surface area contributed by atoms with E-state index < -0.39 is 0 Å². The molecule has 0 fully saturated rings. The lowest BCUT2D eigenvalue weighted by atomic mass is 10.4. The molecule has 1 aromatic heterocycles. The molecule has 0 radical (unpaired) electrons. The Kier molecular flexibility index (Phi) is 2.34. The van der Waals surface area contributed by atoms with Crippen LogP contribution < -0.4 is 0 Å². The molecule has 3 nitrogen and oxygen atoms in total. The maximum absolute atomic E-state index is 11.1. The summed E-state index contributed by atoms with van der Waals surface area (Å²) in [5, 5.41) is 4.00. The number of rotatable bonds is 1. The molecule has 4 heteroatoms.